The quantitative estimate of drug-likeness (QED) is 0.468. The molecule has 0 saturated carbocycles. The van der Waals surface area contributed by atoms with Crippen LogP contribution >= 0.6 is 0 Å². The molecule has 0 heterocycles. The lowest BCUT2D eigenvalue weighted by atomic mass is 10.2. The molecule has 0 aliphatic carbocycles. The maximum atomic E-state index is 11.6. The Morgan fingerprint density at radius 2 is 1.58 bits per heavy atom. The number of esters is 1. The second-order valence-corrected chi connectivity index (χ2v) is 5.15. The molecule has 0 aromatic carbocycles. The van der Waals surface area contributed by atoms with Crippen LogP contribution in [0.1, 0.15) is 27.2 Å². The predicted molar refractivity (Wildman–Crippen MR) is 72.0 cm³/mol. The molecule has 0 aromatic heterocycles. The van der Waals surface area contributed by atoms with E-state index in [2.05, 4.69) is 0 Å². The van der Waals surface area contributed by atoms with Gasteiger partial charge in [0.15, 0.2) is 0 Å². The smallest absolute Gasteiger partial charge is 0.323 e. The van der Waals surface area contributed by atoms with Crippen LogP contribution in [-0.2, 0) is 23.7 Å². The number of hydrogen-bond donors (Lipinski definition) is 1. The Bertz CT molecular complexity index is 240. The van der Waals surface area contributed by atoms with Crippen LogP contribution in [0.2, 0.25) is 0 Å². The summed E-state index contributed by atoms with van der Waals surface area (Å²) in [6.45, 7) is 7.95. The van der Waals surface area contributed by atoms with E-state index in [0.717, 1.165) is 0 Å². The summed E-state index contributed by atoms with van der Waals surface area (Å²) >= 11 is 0. The third-order valence-electron chi connectivity index (χ3n) is 2.09. The average Bonchev–Trinajstić information content (AvgIpc) is 2.30. The lowest BCUT2D eigenvalue weighted by Crippen LogP contribution is -2.38. The van der Waals surface area contributed by atoms with Crippen LogP contribution in [0.3, 0.4) is 0 Å². The molecule has 0 aliphatic rings. The molecule has 2 N–H and O–H groups in total. The Morgan fingerprint density at radius 1 is 1.05 bits per heavy atom. The van der Waals surface area contributed by atoms with Gasteiger partial charge in [0, 0.05) is 13.7 Å². The highest BCUT2D eigenvalue weighted by Gasteiger charge is 2.21. The minimum atomic E-state index is -0.645. The fourth-order valence-electron chi connectivity index (χ4n) is 1.17. The van der Waals surface area contributed by atoms with E-state index in [1.54, 1.807) is 7.11 Å². The van der Waals surface area contributed by atoms with Crippen molar-refractivity contribution in [2.24, 2.45) is 5.73 Å². The highest BCUT2D eigenvalue weighted by molar-refractivity contribution is 5.75. The number of hydrogen-bond acceptors (Lipinski definition) is 6. The normalized spacial score (nSPS) is 13.3. The van der Waals surface area contributed by atoms with E-state index in [9.17, 15) is 4.79 Å². The zero-order valence-corrected chi connectivity index (χ0v) is 12.4. The van der Waals surface area contributed by atoms with Crippen molar-refractivity contribution < 1.29 is 23.7 Å². The van der Waals surface area contributed by atoms with Crippen LogP contribution in [-0.4, -0.2) is 57.8 Å². The van der Waals surface area contributed by atoms with Gasteiger partial charge in [0.2, 0.25) is 0 Å². The van der Waals surface area contributed by atoms with Crippen molar-refractivity contribution in [1.82, 2.24) is 0 Å². The van der Waals surface area contributed by atoms with Crippen LogP contribution in [0.5, 0.6) is 0 Å². The van der Waals surface area contributed by atoms with Gasteiger partial charge < -0.3 is 24.7 Å². The Hall–Kier alpha value is -0.690. The SMILES string of the molecule is COCCOCCOCCC(N)C(=O)OC(C)(C)C. The van der Waals surface area contributed by atoms with Gasteiger partial charge in [-0.15, -0.1) is 0 Å². The van der Waals surface area contributed by atoms with E-state index in [0.29, 0.717) is 39.5 Å². The van der Waals surface area contributed by atoms with Gasteiger partial charge in [-0.25, -0.2) is 0 Å². The summed E-state index contributed by atoms with van der Waals surface area (Å²) in [7, 11) is 1.62. The fraction of sp³-hybridized carbons (Fsp3) is 0.923. The Kier molecular flexibility index (Phi) is 9.77. The van der Waals surface area contributed by atoms with Crippen molar-refractivity contribution in [2.45, 2.75) is 38.8 Å². The monoisotopic (exact) mass is 277 g/mol. The summed E-state index contributed by atoms with van der Waals surface area (Å²) in [6.07, 6.45) is 0.437. The minimum Gasteiger partial charge on any atom is -0.459 e. The van der Waals surface area contributed by atoms with Crippen molar-refractivity contribution in [1.29, 1.82) is 0 Å². The standard InChI is InChI=1S/C13H27NO5/c1-13(2,3)19-12(15)11(14)5-6-17-9-10-18-8-7-16-4/h11H,5-10,14H2,1-4H3. The molecular formula is C13H27NO5. The molecular weight excluding hydrogens is 250 g/mol. The zero-order valence-electron chi connectivity index (χ0n) is 12.4. The Labute approximate surface area is 115 Å². The Morgan fingerprint density at radius 3 is 2.11 bits per heavy atom. The molecule has 0 spiro atoms. The molecule has 0 radical (unpaired) electrons. The van der Waals surface area contributed by atoms with Gasteiger partial charge in [-0.3, -0.25) is 4.79 Å². The van der Waals surface area contributed by atoms with Crippen molar-refractivity contribution >= 4 is 5.97 Å². The van der Waals surface area contributed by atoms with Gasteiger partial charge in [-0.2, -0.15) is 0 Å². The number of nitrogens with two attached hydrogens (primary N) is 1. The van der Waals surface area contributed by atoms with E-state index in [4.69, 9.17) is 24.7 Å². The molecule has 6 nitrogen and oxygen atoms in total. The molecule has 1 atom stereocenters. The summed E-state index contributed by atoms with van der Waals surface area (Å²) in [5.74, 6) is -0.396. The largest absolute Gasteiger partial charge is 0.459 e. The zero-order chi connectivity index (χ0) is 14.7. The second kappa shape index (κ2) is 10.1. The van der Waals surface area contributed by atoms with Gasteiger partial charge >= 0.3 is 5.97 Å². The third kappa shape index (κ3) is 12.1. The first-order valence-electron chi connectivity index (χ1n) is 6.49. The summed E-state index contributed by atoms with van der Waals surface area (Å²) in [6, 6.07) is -0.645. The highest BCUT2D eigenvalue weighted by atomic mass is 16.6. The van der Waals surface area contributed by atoms with E-state index in [1.807, 2.05) is 20.8 Å². The van der Waals surface area contributed by atoms with Crippen LogP contribution in [0.4, 0.5) is 0 Å². The topological polar surface area (TPSA) is 80.0 Å². The van der Waals surface area contributed by atoms with Crippen molar-refractivity contribution in [3.8, 4) is 0 Å². The minimum absolute atomic E-state index is 0.396. The molecule has 0 rings (SSSR count). The summed E-state index contributed by atoms with van der Waals surface area (Å²) < 4.78 is 20.5. The third-order valence-corrected chi connectivity index (χ3v) is 2.09. The average molecular weight is 277 g/mol. The predicted octanol–water partition coefficient (Wildman–Crippen LogP) is 0.725. The van der Waals surface area contributed by atoms with E-state index >= 15 is 0 Å². The van der Waals surface area contributed by atoms with Crippen LogP contribution < -0.4 is 5.73 Å². The van der Waals surface area contributed by atoms with E-state index in [1.165, 1.54) is 0 Å². The molecule has 0 aliphatic heterocycles. The molecule has 1 unspecified atom stereocenters. The van der Waals surface area contributed by atoms with Gasteiger partial charge in [-0.05, 0) is 27.2 Å². The fourth-order valence-corrected chi connectivity index (χ4v) is 1.17. The lowest BCUT2D eigenvalue weighted by Gasteiger charge is -2.22. The number of carbonyl (C=O) groups excluding carboxylic acids is 1. The first kappa shape index (κ1) is 18.3. The molecule has 0 aromatic rings. The van der Waals surface area contributed by atoms with Crippen molar-refractivity contribution in [2.75, 3.05) is 40.1 Å². The molecule has 19 heavy (non-hydrogen) atoms. The molecule has 0 bridgehead atoms. The highest BCUT2D eigenvalue weighted by Crippen LogP contribution is 2.08. The Balaban J connectivity index is 3.48. The maximum absolute atomic E-state index is 11.6. The number of ether oxygens (including phenoxy) is 4. The summed E-state index contributed by atoms with van der Waals surface area (Å²) in [5, 5.41) is 0. The number of rotatable bonds is 10. The van der Waals surface area contributed by atoms with E-state index < -0.39 is 17.6 Å². The van der Waals surface area contributed by atoms with Crippen molar-refractivity contribution in [3.63, 3.8) is 0 Å². The second-order valence-electron chi connectivity index (χ2n) is 5.15. The number of carbonyl (C=O) groups is 1. The van der Waals surface area contributed by atoms with Crippen molar-refractivity contribution in [3.05, 3.63) is 0 Å². The molecule has 0 saturated heterocycles. The van der Waals surface area contributed by atoms with Gasteiger partial charge in [0.05, 0.1) is 26.4 Å². The summed E-state index contributed by atoms with van der Waals surface area (Å²) in [5.41, 5.74) is 5.19. The lowest BCUT2D eigenvalue weighted by molar-refractivity contribution is -0.157. The van der Waals surface area contributed by atoms with Gasteiger partial charge in [0.25, 0.3) is 0 Å². The van der Waals surface area contributed by atoms with Gasteiger partial charge in [0.1, 0.15) is 11.6 Å². The van der Waals surface area contributed by atoms with Crippen LogP contribution in [0.25, 0.3) is 0 Å². The molecule has 6 heteroatoms. The number of methoxy groups -OCH3 is 1. The van der Waals surface area contributed by atoms with Gasteiger partial charge in [-0.1, -0.05) is 0 Å². The molecule has 114 valence electrons. The first-order valence-corrected chi connectivity index (χ1v) is 6.49. The molecule has 0 fully saturated rings. The summed E-state index contributed by atoms with van der Waals surface area (Å²) in [4.78, 5) is 11.6. The van der Waals surface area contributed by atoms with Crippen LogP contribution in [0.15, 0.2) is 0 Å². The van der Waals surface area contributed by atoms with Crippen LogP contribution in [0, 0.1) is 0 Å². The first-order chi connectivity index (χ1) is 8.87. The maximum Gasteiger partial charge on any atom is 0.323 e. The van der Waals surface area contributed by atoms with E-state index in [-0.39, 0.29) is 0 Å². The molecule has 0 amide bonds.